The molecule has 0 saturated carbocycles. The van der Waals surface area contributed by atoms with E-state index >= 15 is 0 Å². The number of nitrogens with zero attached hydrogens (tertiary/aromatic N) is 1. The predicted octanol–water partition coefficient (Wildman–Crippen LogP) is 4.76. The number of benzene rings is 3. The lowest BCUT2D eigenvalue weighted by atomic mass is 10.0. The summed E-state index contributed by atoms with van der Waals surface area (Å²) < 4.78 is 1.09. The Balaban J connectivity index is 1.69. The molecule has 3 aromatic rings. The van der Waals surface area contributed by atoms with Crippen LogP contribution in [0.15, 0.2) is 68.6 Å². The van der Waals surface area contributed by atoms with E-state index in [4.69, 9.17) is 0 Å². The van der Waals surface area contributed by atoms with Gasteiger partial charge in [-0.2, -0.15) is 5.10 Å². The van der Waals surface area contributed by atoms with Crippen LogP contribution in [0.3, 0.4) is 0 Å². The van der Waals surface area contributed by atoms with Crippen LogP contribution in [0.5, 0.6) is 5.75 Å². The van der Waals surface area contributed by atoms with E-state index in [9.17, 15) is 9.90 Å². The maximum Gasteiger partial charge on any atom is 0.244 e. The van der Waals surface area contributed by atoms with Crippen molar-refractivity contribution in [3.05, 3.63) is 74.7 Å². The molecule has 3 aromatic carbocycles. The van der Waals surface area contributed by atoms with Crippen molar-refractivity contribution in [1.82, 2.24) is 5.43 Å². The minimum atomic E-state index is -0.190. The molecule has 6 heteroatoms. The summed E-state index contributed by atoms with van der Waals surface area (Å²) in [4.78, 5) is 12.2. The average Bonchev–Trinajstić information content (AvgIpc) is 2.60. The summed E-state index contributed by atoms with van der Waals surface area (Å²) in [6.07, 6.45) is 1.78. The molecular formula is C19H14Br2N2O2. The number of carbonyl (C=O) groups is 1. The zero-order valence-corrected chi connectivity index (χ0v) is 16.2. The van der Waals surface area contributed by atoms with Gasteiger partial charge >= 0.3 is 0 Å². The van der Waals surface area contributed by atoms with Gasteiger partial charge in [-0.1, -0.05) is 42.5 Å². The highest BCUT2D eigenvalue weighted by Crippen LogP contribution is 2.32. The predicted molar refractivity (Wildman–Crippen MR) is 107 cm³/mol. The van der Waals surface area contributed by atoms with Crippen LogP contribution in [0.4, 0.5) is 0 Å². The third kappa shape index (κ3) is 4.27. The lowest BCUT2D eigenvalue weighted by Crippen LogP contribution is -2.19. The minimum Gasteiger partial charge on any atom is -0.506 e. The van der Waals surface area contributed by atoms with Crippen LogP contribution in [0, 0.1) is 0 Å². The van der Waals surface area contributed by atoms with Crippen molar-refractivity contribution in [1.29, 1.82) is 0 Å². The lowest BCUT2D eigenvalue weighted by Gasteiger charge is -2.05. The summed E-state index contributed by atoms with van der Waals surface area (Å²) in [5, 5.41) is 15.8. The van der Waals surface area contributed by atoms with Crippen molar-refractivity contribution in [3.8, 4) is 5.75 Å². The Hall–Kier alpha value is -2.18. The number of halogens is 2. The molecule has 126 valence electrons. The van der Waals surface area contributed by atoms with Crippen molar-refractivity contribution >= 4 is 54.8 Å². The Morgan fingerprint density at radius 1 is 1.08 bits per heavy atom. The molecule has 1 amide bonds. The first-order chi connectivity index (χ1) is 12.0. The van der Waals surface area contributed by atoms with Crippen LogP contribution >= 0.6 is 31.9 Å². The van der Waals surface area contributed by atoms with Crippen LogP contribution in [0.25, 0.3) is 10.8 Å². The number of phenols is 1. The van der Waals surface area contributed by atoms with Crippen molar-refractivity contribution in [2.75, 3.05) is 0 Å². The van der Waals surface area contributed by atoms with E-state index in [2.05, 4.69) is 42.4 Å². The van der Waals surface area contributed by atoms with Crippen molar-refractivity contribution in [3.63, 3.8) is 0 Å². The average molecular weight is 462 g/mol. The first-order valence-corrected chi connectivity index (χ1v) is 9.10. The van der Waals surface area contributed by atoms with E-state index in [0.29, 0.717) is 8.95 Å². The normalized spacial score (nSPS) is 11.1. The van der Waals surface area contributed by atoms with Gasteiger partial charge in [0, 0.05) is 0 Å². The van der Waals surface area contributed by atoms with Crippen LogP contribution in [-0.4, -0.2) is 17.2 Å². The van der Waals surface area contributed by atoms with Crippen LogP contribution < -0.4 is 5.43 Å². The van der Waals surface area contributed by atoms with Crippen LogP contribution in [0.1, 0.15) is 11.1 Å². The fourth-order valence-corrected chi connectivity index (χ4v) is 3.72. The topological polar surface area (TPSA) is 61.7 Å². The highest BCUT2D eigenvalue weighted by Gasteiger charge is 2.07. The largest absolute Gasteiger partial charge is 0.506 e. The number of amides is 1. The monoisotopic (exact) mass is 460 g/mol. The summed E-state index contributed by atoms with van der Waals surface area (Å²) in [6, 6.07) is 17.3. The second-order valence-corrected chi connectivity index (χ2v) is 7.15. The summed E-state index contributed by atoms with van der Waals surface area (Å²) >= 11 is 6.51. The van der Waals surface area contributed by atoms with Gasteiger partial charge in [0.2, 0.25) is 5.91 Å². The first kappa shape index (κ1) is 17.6. The molecule has 4 nitrogen and oxygen atoms in total. The molecule has 0 atom stereocenters. The zero-order chi connectivity index (χ0) is 17.8. The van der Waals surface area contributed by atoms with Crippen molar-refractivity contribution < 1.29 is 9.90 Å². The quantitative estimate of drug-likeness (QED) is 0.434. The van der Waals surface area contributed by atoms with E-state index < -0.39 is 0 Å². The highest BCUT2D eigenvalue weighted by atomic mass is 79.9. The van der Waals surface area contributed by atoms with Gasteiger partial charge in [-0.15, -0.1) is 0 Å². The van der Waals surface area contributed by atoms with Crippen molar-refractivity contribution in [2.45, 2.75) is 6.42 Å². The second kappa shape index (κ2) is 7.80. The summed E-state index contributed by atoms with van der Waals surface area (Å²) in [5.74, 6) is -0.0679. The molecule has 2 N–H and O–H groups in total. The number of hydrazone groups is 1. The van der Waals surface area contributed by atoms with E-state index in [0.717, 1.165) is 21.9 Å². The summed E-state index contributed by atoms with van der Waals surface area (Å²) in [5.41, 5.74) is 4.23. The Kier molecular flexibility index (Phi) is 5.50. The Morgan fingerprint density at radius 2 is 1.76 bits per heavy atom. The summed E-state index contributed by atoms with van der Waals surface area (Å²) in [7, 11) is 0. The third-order valence-electron chi connectivity index (χ3n) is 3.67. The molecule has 0 bridgehead atoms. The fraction of sp³-hybridized carbons (Fsp3) is 0.0526. The number of rotatable bonds is 4. The molecule has 0 aliphatic rings. The number of nitrogens with one attached hydrogen (secondary N) is 1. The molecule has 0 unspecified atom stereocenters. The standard InChI is InChI=1S/C19H14Br2N2O2/c20-16-8-12(9-17(21)19(16)25)11-22-23-18(24)10-14-6-3-5-13-4-1-2-7-15(13)14/h1-9,11,25H,10H2,(H,23,24). The van der Waals surface area contributed by atoms with Gasteiger partial charge in [0.1, 0.15) is 5.75 Å². The number of hydrogen-bond donors (Lipinski definition) is 2. The number of hydrogen-bond acceptors (Lipinski definition) is 3. The smallest absolute Gasteiger partial charge is 0.244 e. The Labute approximate surface area is 161 Å². The molecule has 0 saturated heterocycles. The van der Waals surface area contributed by atoms with Gasteiger partial charge in [0.15, 0.2) is 0 Å². The van der Waals surface area contributed by atoms with Gasteiger partial charge in [-0.05, 0) is 65.9 Å². The van der Waals surface area contributed by atoms with Gasteiger partial charge in [0.05, 0.1) is 21.6 Å². The van der Waals surface area contributed by atoms with Gasteiger partial charge < -0.3 is 5.11 Å². The molecule has 0 aliphatic carbocycles. The van der Waals surface area contributed by atoms with Crippen LogP contribution in [-0.2, 0) is 11.2 Å². The molecule has 0 heterocycles. The SMILES string of the molecule is O=C(Cc1cccc2ccccc12)NN=Cc1cc(Br)c(O)c(Br)c1. The maximum atomic E-state index is 12.2. The first-order valence-electron chi connectivity index (χ1n) is 7.51. The highest BCUT2D eigenvalue weighted by molar-refractivity contribution is 9.11. The molecule has 0 spiro atoms. The van der Waals surface area contributed by atoms with Crippen molar-refractivity contribution in [2.24, 2.45) is 5.10 Å². The minimum absolute atomic E-state index is 0.122. The molecular weight excluding hydrogens is 448 g/mol. The number of phenolic OH excluding ortho intramolecular Hbond substituents is 1. The van der Waals surface area contributed by atoms with Gasteiger partial charge in [-0.25, -0.2) is 5.43 Å². The van der Waals surface area contributed by atoms with Gasteiger partial charge in [-0.3, -0.25) is 4.79 Å². The fourth-order valence-electron chi connectivity index (χ4n) is 2.50. The number of carbonyl (C=O) groups excluding carboxylic acids is 1. The van der Waals surface area contributed by atoms with Crippen LogP contribution in [0.2, 0.25) is 0 Å². The molecule has 3 rings (SSSR count). The molecule has 0 aromatic heterocycles. The Morgan fingerprint density at radius 3 is 2.52 bits per heavy atom. The molecule has 0 fully saturated rings. The number of fused-ring (bicyclic) bond motifs is 1. The molecule has 0 aliphatic heterocycles. The second-order valence-electron chi connectivity index (χ2n) is 5.44. The lowest BCUT2D eigenvalue weighted by molar-refractivity contribution is -0.120. The Bertz CT molecular complexity index is 942. The van der Waals surface area contributed by atoms with E-state index in [1.54, 1.807) is 12.1 Å². The van der Waals surface area contributed by atoms with E-state index in [1.165, 1.54) is 6.21 Å². The third-order valence-corrected chi connectivity index (χ3v) is 4.88. The number of aromatic hydroxyl groups is 1. The maximum absolute atomic E-state index is 12.2. The molecule has 0 radical (unpaired) electrons. The van der Waals surface area contributed by atoms with Gasteiger partial charge in [0.25, 0.3) is 0 Å². The summed E-state index contributed by atoms with van der Waals surface area (Å²) in [6.45, 7) is 0. The molecule has 25 heavy (non-hydrogen) atoms. The van der Waals surface area contributed by atoms with E-state index in [1.807, 2.05) is 42.5 Å². The van der Waals surface area contributed by atoms with E-state index in [-0.39, 0.29) is 18.1 Å². The zero-order valence-electron chi connectivity index (χ0n) is 13.0.